The Morgan fingerprint density at radius 3 is 2.39 bits per heavy atom. The first-order chi connectivity index (χ1) is 8.43. The molecule has 6 heteroatoms. The van der Waals surface area contributed by atoms with Crippen LogP contribution in [0.4, 0.5) is 4.39 Å². The molecule has 0 spiro atoms. The summed E-state index contributed by atoms with van der Waals surface area (Å²) >= 11 is 0. The molecule has 1 saturated carbocycles. The summed E-state index contributed by atoms with van der Waals surface area (Å²) in [6.45, 7) is 0. The number of rotatable bonds is 3. The van der Waals surface area contributed by atoms with Gasteiger partial charge in [-0.2, -0.15) is 0 Å². The van der Waals surface area contributed by atoms with Crippen molar-refractivity contribution in [3.63, 3.8) is 0 Å². The topological polar surface area (TPSA) is 71.4 Å². The van der Waals surface area contributed by atoms with E-state index in [1.165, 1.54) is 0 Å². The number of carboxylic acid groups (broad SMARTS) is 1. The van der Waals surface area contributed by atoms with Crippen LogP contribution in [-0.2, 0) is 9.84 Å². The molecule has 0 bridgehead atoms. The molecule has 0 heterocycles. The highest BCUT2D eigenvalue weighted by molar-refractivity contribution is 7.92. The molecule has 1 aromatic carbocycles. The van der Waals surface area contributed by atoms with Gasteiger partial charge in [-0.25, -0.2) is 17.6 Å². The van der Waals surface area contributed by atoms with E-state index >= 15 is 0 Å². The van der Waals surface area contributed by atoms with Crippen LogP contribution in [0, 0.1) is 5.82 Å². The largest absolute Gasteiger partial charge is 0.478 e. The van der Waals surface area contributed by atoms with Crippen LogP contribution in [-0.4, -0.2) is 24.7 Å². The van der Waals surface area contributed by atoms with Gasteiger partial charge < -0.3 is 5.11 Å². The standard InChI is InChI=1S/C12H13FO4S/c13-10-7-8(12(14)15)5-6-11(10)18(16,17)9-3-1-2-4-9/h5-7,9H,1-4H2,(H,14,15). The molecule has 0 unspecified atom stereocenters. The van der Waals surface area contributed by atoms with Gasteiger partial charge in [0.25, 0.3) is 0 Å². The Morgan fingerprint density at radius 1 is 1.28 bits per heavy atom. The van der Waals surface area contributed by atoms with Crippen molar-refractivity contribution in [3.8, 4) is 0 Å². The van der Waals surface area contributed by atoms with Crippen LogP contribution in [0.15, 0.2) is 23.1 Å². The van der Waals surface area contributed by atoms with Crippen LogP contribution in [0.1, 0.15) is 36.0 Å². The highest BCUT2D eigenvalue weighted by Crippen LogP contribution is 2.30. The lowest BCUT2D eigenvalue weighted by atomic mass is 10.2. The Bertz CT molecular complexity index is 574. The number of aromatic carboxylic acids is 1. The summed E-state index contributed by atoms with van der Waals surface area (Å²) < 4.78 is 38.0. The van der Waals surface area contributed by atoms with Gasteiger partial charge in [0.2, 0.25) is 0 Å². The molecule has 18 heavy (non-hydrogen) atoms. The summed E-state index contributed by atoms with van der Waals surface area (Å²) in [5, 5.41) is 8.16. The van der Waals surface area contributed by atoms with E-state index in [9.17, 15) is 17.6 Å². The first-order valence-corrected chi connectivity index (χ1v) is 7.24. The molecular formula is C12H13FO4S. The monoisotopic (exact) mass is 272 g/mol. The zero-order valence-corrected chi connectivity index (χ0v) is 10.4. The fourth-order valence-corrected chi connectivity index (χ4v) is 4.14. The second-order valence-corrected chi connectivity index (χ2v) is 6.60. The van der Waals surface area contributed by atoms with E-state index in [1.54, 1.807) is 0 Å². The summed E-state index contributed by atoms with van der Waals surface area (Å²) in [5.74, 6) is -2.26. The van der Waals surface area contributed by atoms with Gasteiger partial charge in [-0.05, 0) is 31.0 Å². The van der Waals surface area contributed by atoms with Gasteiger partial charge in [0.05, 0.1) is 10.8 Å². The fourth-order valence-electron chi connectivity index (χ4n) is 2.24. The van der Waals surface area contributed by atoms with E-state index in [4.69, 9.17) is 5.11 Å². The predicted octanol–water partition coefficient (Wildman–Crippen LogP) is 2.24. The highest BCUT2D eigenvalue weighted by atomic mass is 32.2. The van der Waals surface area contributed by atoms with E-state index < -0.39 is 26.9 Å². The van der Waals surface area contributed by atoms with E-state index in [1.807, 2.05) is 0 Å². The molecule has 0 saturated heterocycles. The Balaban J connectivity index is 2.42. The molecule has 98 valence electrons. The number of benzene rings is 1. The Labute approximate surface area is 104 Å². The number of hydrogen-bond acceptors (Lipinski definition) is 3. The molecule has 0 radical (unpaired) electrons. The third-order valence-corrected chi connectivity index (χ3v) is 5.52. The first kappa shape index (κ1) is 13.0. The maximum Gasteiger partial charge on any atom is 0.335 e. The second kappa shape index (κ2) is 4.68. The molecule has 4 nitrogen and oxygen atoms in total. The summed E-state index contributed by atoms with van der Waals surface area (Å²) in [6, 6.07) is 2.92. The van der Waals surface area contributed by atoms with Crippen molar-refractivity contribution in [3.05, 3.63) is 29.6 Å². The highest BCUT2D eigenvalue weighted by Gasteiger charge is 2.32. The zero-order chi connectivity index (χ0) is 13.3. The van der Waals surface area contributed by atoms with Crippen molar-refractivity contribution in [1.82, 2.24) is 0 Å². The van der Waals surface area contributed by atoms with Gasteiger partial charge in [0.1, 0.15) is 10.7 Å². The molecule has 0 amide bonds. The van der Waals surface area contributed by atoms with Gasteiger partial charge in [0.15, 0.2) is 9.84 Å². The third kappa shape index (κ3) is 2.25. The molecule has 2 rings (SSSR count). The summed E-state index contributed by atoms with van der Waals surface area (Å²) in [7, 11) is -3.68. The molecule has 1 aliphatic rings. The van der Waals surface area contributed by atoms with Crippen LogP contribution in [0.25, 0.3) is 0 Å². The smallest absolute Gasteiger partial charge is 0.335 e. The molecule has 1 N–H and O–H groups in total. The number of carboxylic acids is 1. The molecule has 0 atom stereocenters. The lowest BCUT2D eigenvalue weighted by Gasteiger charge is -2.12. The van der Waals surface area contributed by atoms with E-state index in [0.29, 0.717) is 12.8 Å². The van der Waals surface area contributed by atoms with Gasteiger partial charge >= 0.3 is 5.97 Å². The predicted molar refractivity (Wildman–Crippen MR) is 62.8 cm³/mol. The first-order valence-electron chi connectivity index (χ1n) is 5.69. The van der Waals surface area contributed by atoms with Gasteiger partial charge in [-0.1, -0.05) is 12.8 Å². The maximum absolute atomic E-state index is 13.7. The van der Waals surface area contributed by atoms with Gasteiger partial charge in [0, 0.05) is 0 Å². The van der Waals surface area contributed by atoms with Crippen LogP contribution in [0.5, 0.6) is 0 Å². The van der Waals surface area contributed by atoms with Crippen LogP contribution in [0.3, 0.4) is 0 Å². The second-order valence-electron chi connectivity index (χ2n) is 4.40. The SMILES string of the molecule is O=C(O)c1ccc(S(=O)(=O)C2CCCC2)c(F)c1. The average molecular weight is 272 g/mol. The summed E-state index contributed by atoms with van der Waals surface area (Å²) in [5.41, 5.74) is -0.252. The van der Waals surface area contributed by atoms with Crippen molar-refractivity contribution >= 4 is 15.8 Å². The Morgan fingerprint density at radius 2 is 1.89 bits per heavy atom. The Hall–Kier alpha value is -1.43. The minimum Gasteiger partial charge on any atom is -0.478 e. The molecule has 0 aliphatic heterocycles. The van der Waals surface area contributed by atoms with E-state index in [2.05, 4.69) is 0 Å². The van der Waals surface area contributed by atoms with Crippen molar-refractivity contribution in [2.75, 3.05) is 0 Å². The van der Waals surface area contributed by atoms with Crippen LogP contribution < -0.4 is 0 Å². The molecule has 1 aromatic rings. The molecule has 0 aromatic heterocycles. The van der Waals surface area contributed by atoms with Crippen LogP contribution in [0.2, 0.25) is 0 Å². The van der Waals surface area contributed by atoms with Crippen molar-refractivity contribution in [2.45, 2.75) is 35.8 Å². The average Bonchev–Trinajstić information content (AvgIpc) is 2.82. The number of carbonyl (C=O) groups is 1. The fraction of sp³-hybridized carbons (Fsp3) is 0.417. The van der Waals surface area contributed by atoms with Crippen molar-refractivity contribution < 1.29 is 22.7 Å². The van der Waals surface area contributed by atoms with Gasteiger partial charge in [-0.15, -0.1) is 0 Å². The zero-order valence-electron chi connectivity index (χ0n) is 9.60. The molecular weight excluding hydrogens is 259 g/mol. The molecule has 1 fully saturated rings. The lowest BCUT2D eigenvalue weighted by Crippen LogP contribution is -2.19. The number of halogens is 1. The summed E-state index contributed by atoms with van der Waals surface area (Å²) in [4.78, 5) is 10.3. The van der Waals surface area contributed by atoms with Crippen molar-refractivity contribution in [2.24, 2.45) is 0 Å². The molecule has 1 aliphatic carbocycles. The van der Waals surface area contributed by atoms with E-state index in [-0.39, 0.29) is 10.5 Å². The Kier molecular flexibility index (Phi) is 3.38. The van der Waals surface area contributed by atoms with Crippen LogP contribution >= 0.6 is 0 Å². The quantitative estimate of drug-likeness (QED) is 0.916. The minimum absolute atomic E-state index is 0.252. The number of sulfone groups is 1. The lowest BCUT2D eigenvalue weighted by molar-refractivity contribution is 0.0696. The maximum atomic E-state index is 13.7. The summed E-state index contributed by atoms with van der Waals surface area (Å²) in [6.07, 6.45) is 2.75. The number of hydrogen-bond donors (Lipinski definition) is 1. The minimum atomic E-state index is -3.68. The normalized spacial score (nSPS) is 16.9. The van der Waals surface area contributed by atoms with E-state index in [0.717, 1.165) is 31.0 Å². The third-order valence-electron chi connectivity index (χ3n) is 3.23. The van der Waals surface area contributed by atoms with Crippen molar-refractivity contribution in [1.29, 1.82) is 0 Å². The van der Waals surface area contributed by atoms with Gasteiger partial charge in [-0.3, -0.25) is 0 Å².